The number of carbonyl (C=O) groups is 1. The van der Waals surface area contributed by atoms with Crippen LogP contribution < -0.4 is 10.9 Å². The number of amides is 1. The molecule has 0 aliphatic heterocycles. The van der Waals surface area contributed by atoms with Crippen LogP contribution >= 0.6 is 0 Å². The van der Waals surface area contributed by atoms with Crippen molar-refractivity contribution >= 4 is 16.7 Å². The van der Waals surface area contributed by atoms with Crippen molar-refractivity contribution in [2.24, 2.45) is 17.8 Å². The highest BCUT2D eigenvalue weighted by Crippen LogP contribution is 2.49. The van der Waals surface area contributed by atoms with Crippen LogP contribution in [0.4, 0.5) is 0 Å². The molecule has 132 valence electrons. The van der Waals surface area contributed by atoms with Gasteiger partial charge >= 0.3 is 0 Å². The van der Waals surface area contributed by atoms with Gasteiger partial charge in [0.15, 0.2) is 0 Å². The first-order valence-electron chi connectivity index (χ1n) is 9.28. The average Bonchev–Trinajstić information content (AvgIpc) is 3.22. The number of hydrogen-bond donors (Lipinski definition) is 1. The number of aryl methyl sites for hydroxylation is 1. The zero-order valence-electron chi connectivity index (χ0n) is 14.9. The fraction of sp³-hybridized carbons (Fsp3) is 0.550. The maximum atomic E-state index is 12.6. The minimum absolute atomic E-state index is 0.0182. The molecule has 0 saturated heterocycles. The Labute approximate surface area is 147 Å². The summed E-state index contributed by atoms with van der Waals surface area (Å²) >= 11 is 0. The van der Waals surface area contributed by atoms with Gasteiger partial charge in [0, 0.05) is 11.4 Å². The lowest BCUT2D eigenvalue weighted by molar-refractivity contribution is -0.123. The third-order valence-corrected chi connectivity index (χ3v) is 6.17. The summed E-state index contributed by atoms with van der Waals surface area (Å²) in [7, 11) is 0. The van der Waals surface area contributed by atoms with E-state index in [4.69, 9.17) is 0 Å². The van der Waals surface area contributed by atoms with Gasteiger partial charge < -0.3 is 5.32 Å². The van der Waals surface area contributed by atoms with Crippen molar-refractivity contribution in [2.45, 2.75) is 52.1 Å². The highest BCUT2D eigenvalue weighted by Gasteiger charge is 2.42. The van der Waals surface area contributed by atoms with Gasteiger partial charge in [0.1, 0.15) is 6.54 Å². The van der Waals surface area contributed by atoms with Crippen LogP contribution in [-0.2, 0) is 11.3 Å². The number of fused-ring (bicyclic) bond motifs is 3. The minimum atomic E-state index is -0.205. The number of hydrogen-bond acceptors (Lipinski definition) is 3. The van der Waals surface area contributed by atoms with E-state index in [0.717, 1.165) is 22.9 Å². The fourth-order valence-corrected chi connectivity index (χ4v) is 4.96. The zero-order valence-corrected chi connectivity index (χ0v) is 14.9. The lowest BCUT2D eigenvalue weighted by Gasteiger charge is -2.28. The summed E-state index contributed by atoms with van der Waals surface area (Å²) in [5.41, 5.74) is 0.563. The lowest BCUT2D eigenvalue weighted by Crippen LogP contribution is -2.43. The van der Waals surface area contributed by atoms with Gasteiger partial charge in [-0.2, -0.15) is 5.10 Å². The van der Waals surface area contributed by atoms with Crippen LogP contribution in [0.25, 0.3) is 10.8 Å². The normalized spacial score (nSPS) is 26.1. The van der Waals surface area contributed by atoms with E-state index < -0.39 is 0 Å². The standard InChI is InChI=1S/C20H25N3O2/c1-12(18-10-14-7-8-15(18)9-14)21-19(24)11-23-20(25)17-6-4-3-5-16(17)13(2)22-23/h3-6,12,14-15,18H,7-11H2,1-2H3,(H,21,24). The number of benzene rings is 1. The Kier molecular flexibility index (Phi) is 4.10. The van der Waals surface area contributed by atoms with Crippen LogP contribution in [0.2, 0.25) is 0 Å². The first kappa shape index (κ1) is 16.3. The first-order chi connectivity index (χ1) is 12.0. The highest BCUT2D eigenvalue weighted by atomic mass is 16.2. The van der Waals surface area contributed by atoms with Gasteiger partial charge in [-0.15, -0.1) is 0 Å². The topological polar surface area (TPSA) is 64.0 Å². The van der Waals surface area contributed by atoms with E-state index in [2.05, 4.69) is 17.3 Å². The van der Waals surface area contributed by atoms with E-state index in [1.807, 2.05) is 25.1 Å². The van der Waals surface area contributed by atoms with Crippen molar-refractivity contribution in [3.05, 3.63) is 40.3 Å². The largest absolute Gasteiger partial charge is 0.352 e. The van der Waals surface area contributed by atoms with Gasteiger partial charge in [0.05, 0.1) is 11.1 Å². The van der Waals surface area contributed by atoms with Crippen molar-refractivity contribution in [1.29, 1.82) is 0 Å². The number of carbonyl (C=O) groups excluding carboxylic acids is 1. The first-order valence-corrected chi connectivity index (χ1v) is 9.28. The van der Waals surface area contributed by atoms with Crippen molar-refractivity contribution < 1.29 is 4.79 Å². The summed E-state index contributed by atoms with van der Waals surface area (Å²) in [6.07, 6.45) is 5.23. The molecule has 1 N–H and O–H groups in total. The van der Waals surface area contributed by atoms with Gasteiger partial charge in [-0.05, 0) is 56.9 Å². The molecule has 2 saturated carbocycles. The molecule has 2 aliphatic carbocycles. The van der Waals surface area contributed by atoms with E-state index >= 15 is 0 Å². The minimum Gasteiger partial charge on any atom is -0.352 e. The molecule has 25 heavy (non-hydrogen) atoms. The second kappa shape index (κ2) is 6.28. The monoisotopic (exact) mass is 339 g/mol. The Morgan fingerprint density at radius 3 is 2.72 bits per heavy atom. The molecule has 1 amide bonds. The summed E-state index contributed by atoms with van der Waals surface area (Å²) in [5, 5.41) is 8.90. The molecule has 2 fully saturated rings. The SMILES string of the molecule is Cc1nn(CC(=O)NC(C)C2CC3CCC2C3)c(=O)c2ccccc12. The summed E-state index contributed by atoms with van der Waals surface area (Å²) in [6, 6.07) is 7.58. The summed E-state index contributed by atoms with van der Waals surface area (Å²) in [6.45, 7) is 3.95. The van der Waals surface area contributed by atoms with Crippen LogP contribution in [0.1, 0.15) is 38.3 Å². The van der Waals surface area contributed by atoms with Crippen LogP contribution in [-0.4, -0.2) is 21.7 Å². The van der Waals surface area contributed by atoms with Crippen molar-refractivity contribution in [2.75, 3.05) is 0 Å². The van der Waals surface area contributed by atoms with Crippen molar-refractivity contribution in [3.8, 4) is 0 Å². The maximum Gasteiger partial charge on any atom is 0.275 e. The molecule has 4 unspecified atom stereocenters. The predicted octanol–water partition coefficient (Wildman–Crippen LogP) is 2.65. The Hall–Kier alpha value is -2.17. The van der Waals surface area contributed by atoms with Crippen molar-refractivity contribution in [1.82, 2.24) is 15.1 Å². The second-order valence-electron chi connectivity index (χ2n) is 7.79. The zero-order chi connectivity index (χ0) is 17.6. The van der Waals surface area contributed by atoms with E-state index in [0.29, 0.717) is 11.3 Å². The number of nitrogens with zero attached hydrogens (tertiary/aromatic N) is 2. The maximum absolute atomic E-state index is 12.6. The molecule has 5 heteroatoms. The quantitative estimate of drug-likeness (QED) is 0.931. The van der Waals surface area contributed by atoms with E-state index in [1.54, 1.807) is 6.07 Å². The van der Waals surface area contributed by atoms with Gasteiger partial charge in [-0.3, -0.25) is 9.59 Å². The molecule has 1 aromatic heterocycles. The molecule has 5 nitrogen and oxygen atoms in total. The molecule has 0 spiro atoms. The molecule has 4 rings (SSSR count). The molecule has 2 aliphatic rings. The molecule has 1 heterocycles. The highest BCUT2D eigenvalue weighted by molar-refractivity contribution is 5.83. The van der Waals surface area contributed by atoms with E-state index in [1.165, 1.54) is 30.4 Å². The van der Waals surface area contributed by atoms with Crippen LogP contribution in [0.15, 0.2) is 29.1 Å². The van der Waals surface area contributed by atoms with Gasteiger partial charge in [-0.1, -0.05) is 24.6 Å². The number of aromatic nitrogens is 2. The Bertz CT molecular complexity index is 873. The van der Waals surface area contributed by atoms with Crippen LogP contribution in [0.5, 0.6) is 0 Å². The lowest BCUT2D eigenvalue weighted by atomic mass is 9.84. The molecule has 1 aromatic carbocycles. The second-order valence-corrected chi connectivity index (χ2v) is 7.79. The Morgan fingerprint density at radius 1 is 1.28 bits per heavy atom. The van der Waals surface area contributed by atoms with Gasteiger partial charge in [0.25, 0.3) is 5.56 Å². The third-order valence-electron chi connectivity index (χ3n) is 6.17. The molecule has 4 atom stereocenters. The summed E-state index contributed by atoms with van der Waals surface area (Å²) in [5.74, 6) is 2.09. The van der Waals surface area contributed by atoms with E-state index in [-0.39, 0.29) is 24.1 Å². The van der Waals surface area contributed by atoms with E-state index in [9.17, 15) is 9.59 Å². The third kappa shape index (κ3) is 2.96. The smallest absolute Gasteiger partial charge is 0.275 e. The Morgan fingerprint density at radius 2 is 2.04 bits per heavy atom. The number of rotatable bonds is 4. The van der Waals surface area contributed by atoms with Crippen LogP contribution in [0, 0.1) is 24.7 Å². The molecule has 0 radical (unpaired) electrons. The molecular weight excluding hydrogens is 314 g/mol. The molecule has 2 bridgehead atoms. The summed E-state index contributed by atoms with van der Waals surface area (Å²) in [4.78, 5) is 25.1. The average molecular weight is 339 g/mol. The van der Waals surface area contributed by atoms with Crippen molar-refractivity contribution in [3.63, 3.8) is 0 Å². The Balaban J connectivity index is 1.48. The molecule has 2 aromatic rings. The van der Waals surface area contributed by atoms with Gasteiger partial charge in [-0.25, -0.2) is 4.68 Å². The predicted molar refractivity (Wildman–Crippen MR) is 97.3 cm³/mol. The van der Waals surface area contributed by atoms with Crippen LogP contribution in [0.3, 0.4) is 0 Å². The fourth-order valence-electron chi connectivity index (χ4n) is 4.96. The summed E-state index contributed by atoms with van der Waals surface area (Å²) < 4.78 is 1.29. The molecular formula is C20H25N3O2. The van der Waals surface area contributed by atoms with Gasteiger partial charge in [0.2, 0.25) is 5.91 Å². The number of nitrogens with one attached hydrogen (secondary N) is 1.